The van der Waals surface area contributed by atoms with Crippen molar-refractivity contribution in [1.29, 1.82) is 5.26 Å². The second kappa shape index (κ2) is 4.59. The summed E-state index contributed by atoms with van der Waals surface area (Å²) in [4.78, 5) is 0. The molecule has 0 radical (unpaired) electrons. The molecule has 2 aromatic rings. The van der Waals surface area contributed by atoms with Gasteiger partial charge in [-0.2, -0.15) is 5.26 Å². The molecule has 1 aliphatic heterocycles. The van der Waals surface area contributed by atoms with Crippen LogP contribution >= 0.6 is 12.2 Å². The third-order valence-corrected chi connectivity index (χ3v) is 4.91. The predicted octanol–water partition coefficient (Wildman–Crippen LogP) is 3.67. The Bertz CT molecular complexity index is 827. The summed E-state index contributed by atoms with van der Waals surface area (Å²) in [6, 6.07) is 12.3. The molecule has 22 heavy (non-hydrogen) atoms. The minimum absolute atomic E-state index is 0.253. The summed E-state index contributed by atoms with van der Waals surface area (Å²) in [5, 5.41) is 12.7. The van der Waals surface area contributed by atoms with Crippen molar-refractivity contribution in [3.8, 4) is 17.3 Å². The Morgan fingerprint density at radius 1 is 1.32 bits per heavy atom. The van der Waals surface area contributed by atoms with E-state index in [1.165, 1.54) is 5.56 Å². The van der Waals surface area contributed by atoms with Gasteiger partial charge in [0.05, 0.1) is 0 Å². The average molecular weight is 309 g/mol. The molecule has 2 aliphatic rings. The summed E-state index contributed by atoms with van der Waals surface area (Å²) in [6.07, 6.45) is 3.17. The molecule has 1 aromatic heterocycles. The molecule has 1 spiro atoms. The van der Waals surface area contributed by atoms with E-state index >= 15 is 0 Å². The Labute approximate surface area is 134 Å². The molecular formula is C17H15N3OS. The molecule has 110 valence electrons. The summed E-state index contributed by atoms with van der Waals surface area (Å²) in [5.41, 5.74) is 4.73. The maximum atomic E-state index is 9.12. The number of nitriles is 1. The van der Waals surface area contributed by atoms with Gasteiger partial charge in [0.1, 0.15) is 17.4 Å². The zero-order valence-electron chi connectivity index (χ0n) is 12.2. The van der Waals surface area contributed by atoms with Crippen LogP contribution in [0.5, 0.6) is 0 Å². The molecule has 0 saturated heterocycles. The number of thiocarbonyl (C=S) groups is 1. The minimum atomic E-state index is -0.253. The molecule has 1 aliphatic carbocycles. The molecule has 0 unspecified atom stereocenters. The van der Waals surface area contributed by atoms with Crippen LogP contribution in [-0.4, -0.2) is 9.74 Å². The topological polar surface area (TPSA) is 50.0 Å². The van der Waals surface area contributed by atoms with E-state index in [0.29, 0.717) is 10.9 Å². The lowest BCUT2D eigenvalue weighted by molar-refractivity contribution is -0.0241. The number of hydrogen-bond donors (Lipinski definition) is 1. The Morgan fingerprint density at radius 2 is 2.14 bits per heavy atom. The van der Waals surface area contributed by atoms with Gasteiger partial charge in [-0.1, -0.05) is 6.07 Å². The van der Waals surface area contributed by atoms with E-state index in [2.05, 4.69) is 29.6 Å². The van der Waals surface area contributed by atoms with E-state index in [9.17, 15) is 0 Å². The first-order valence-corrected chi connectivity index (χ1v) is 7.74. The molecule has 4 nitrogen and oxygen atoms in total. The number of anilines is 1. The lowest BCUT2D eigenvalue weighted by Gasteiger charge is -2.46. The van der Waals surface area contributed by atoms with Crippen LogP contribution in [0.1, 0.15) is 30.5 Å². The molecule has 1 fully saturated rings. The van der Waals surface area contributed by atoms with Crippen LogP contribution in [0, 0.1) is 11.3 Å². The van der Waals surface area contributed by atoms with Gasteiger partial charge in [0.25, 0.3) is 5.17 Å². The maximum Gasteiger partial charge on any atom is 0.262 e. The highest BCUT2D eigenvalue weighted by molar-refractivity contribution is 7.80. The van der Waals surface area contributed by atoms with Crippen molar-refractivity contribution >= 4 is 23.1 Å². The summed E-state index contributed by atoms with van der Waals surface area (Å²) in [7, 11) is 1.91. The normalized spacial score (nSPS) is 17.9. The van der Waals surface area contributed by atoms with Crippen molar-refractivity contribution in [3.05, 3.63) is 41.6 Å². The van der Waals surface area contributed by atoms with Gasteiger partial charge in [-0.25, -0.2) is 0 Å². The highest BCUT2D eigenvalue weighted by atomic mass is 32.1. The van der Waals surface area contributed by atoms with Crippen molar-refractivity contribution in [2.75, 3.05) is 5.32 Å². The van der Waals surface area contributed by atoms with Crippen molar-refractivity contribution in [2.24, 2.45) is 7.05 Å². The fourth-order valence-electron chi connectivity index (χ4n) is 3.34. The van der Waals surface area contributed by atoms with Crippen LogP contribution < -0.4 is 5.32 Å². The standard InChI is InChI=1S/C17H15N3OS/c1-20-12(10-18)4-6-15(20)11-3-5-14-13(9-11)17(7-2-8-17)21-16(22)19-14/h3-6,9H,2,7-8H2,1H3,(H,19,22). The van der Waals surface area contributed by atoms with Crippen molar-refractivity contribution in [3.63, 3.8) is 0 Å². The third kappa shape index (κ3) is 1.77. The number of aromatic nitrogens is 1. The molecule has 0 bridgehead atoms. The second-order valence-electron chi connectivity index (χ2n) is 5.90. The summed E-state index contributed by atoms with van der Waals surface area (Å²) >= 11 is 5.22. The highest BCUT2D eigenvalue weighted by Crippen LogP contribution is 2.50. The molecular weight excluding hydrogens is 294 g/mol. The van der Waals surface area contributed by atoms with Crippen LogP contribution in [0.3, 0.4) is 0 Å². The third-order valence-electron chi connectivity index (χ3n) is 4.73. The van der Waals surface area contributed by atoms with E-state index in [-0.39, 0.29) is 5.60 Å². The number of nitrogens with one attached hydrogen (secondary N) is 1. The lowest BCUT2D eigenvalue weighted by Crippen LogP contribution is -2.44. The van der Waals surface area contributed by atoms with Gasteiger partial charge < -0.3 is 14.6 Å². The Hall–Kier alpha value is -2.32. The van der Waals surface area contributed by atoms with Crippen LogP contribution in [-0.2, 0) is 17.4 Å². The number of ether oxygens (including phenoxy) is 1. The van der Waals surface area contributed by atoms with Crippen molar-refractivity contribution in [1.82, 2.24) is 4.57 Å². The number of benzene rings is 1. The first-order valence-electron chi connectivity index (χ1n) is 7.34. The smallest absolute Gasteiger partial charge is 0.262 e. The van der Waals surface area contributed by atoms with Crippen molar-refractivity contribution in [2.45, 2.75) is 24.9 Å². The van der Waals surface area contributed by atoms with Crippen LogP contribution in [0.15, 0.2) is 30.3 Å². The van der Waals surface area contributed by atoms with E-state index in [0.717, 1.165) is 36.2 Å². The Morgan fingerprint density at radius 3 is 2.77 bits per heavy atom. The summed E-state index contributed by atoms with van der Waals surface area (Å²) in [6.45, 7) is 0. The summed E-state index contributed by atoms with van der Waals surface area (Å²) < 4.78 is 7.86. The molecule has 4 rings (SSSR count). The largest absolute Gasteiger partial charge is 0.459 e. The number of rotatable bonds is 1. The first-order chi connectivity index (χ1) is 10.6. The fourth-order valence-corrected chi connectivity index (χ4v) is 3.61. The number of fused-ring (bicyclic) bond motifs is 2. The van der Waals surface area contributed by atoms with Gasteiger partial charge >= 0.3 is 0 Å². The lowest BCUT2D eigenvalue weighted by atomic mass is 9.73. The highest BCUT2D eigenvalue weighted by Gasteiger charge is 2.46. The molecule has 1 aromatic carbocycles. The molecule has 0 amide bonds. The molecule has 5 heteroatoms. The van der Waals surface area contributed by atoms with Gasteiger partial charge in [-0.05, 0) is 61.3 Å². The Kier molecular flexibility index (Phi) is 2.78. The van der Waals surface area contributed by atoms with Crippen molar-refractivity contribution < 1.29 is 4.74 Å². The van der Waals surface area contributed by atoms with Gasteiger partial charge in [-0.15, -0.1) is 0 Å². The first kappa shape index (κ1) is 13.4. The van der Waals surface area contributed by atoms with Crippen LogP contribution in [0.25, 0.3) is 11.3 Å². The SMILES string of the molecule is Cn1c(C#N)ccc1-c1ccc2c(c1)C1(CCC1)OC(=S)N2. The molecule has 1 saturated carbocycles. The van der Waals surface area contributed by atoms with Crippen LogP contribution in [0.2, 0.25) is 0 Å². The number of nitrogens with zero attached hydrogens (tertiary/aromatic N) is 2. The van der Waals surface area contributed by atoms with Crippen LogP contribution in [0.4, 0.5) is 5.69 Å². The molecule has 0 atom stereocenters. The predicted molar refractivity (Wildman–Crippen MR) is 88.4 cm³/mol. The molecule has 2 heterocycles. The van der Waals surface area contributed by atoms with E-state index < -0.39 is 0 Å². The Balaban J connectivity index is 1.84. The van der Waals surface area contributed by atoms with E-state index in [1.54, 1.807) is 0 Å². The monoisotopic (exact) mass is 309 g/mol. The van der Waals surface area contributed by atoms with E-state index in [1.807, 2.05) is 23.7 Å². The average Bonchev–Trinajstić information content (AvgIpc) is 2.85. The van der Waals surface area contributed by atoms with Gasteiger partial charge in [0.15, 0.2) is 0 Å². The minimum Gasteiger partial charge on any atom is -0.459 e. The van der Waals surface area contributed by atoms with Gasteiger partial charge in [0, 0.05) is 24.0 Å². The van der Waals surface area contributed by atoms with Gasteiger partial charge in [0.2, 0.25) is 0 Å². The number of hydrogen-bond acceptors (Lipinski definition) is 3. The fraction of sp³-hybridized carbons (Fsp3) is 0.294. The second-order valence-corrected chi connectivity index (χ2v) is 6.27. The molecule has 1 N–H and O–H groups in total. The zero-order chi connectivity index (χ0) is 15.3. The zero-order valence-corrected chi connectivity index (χ0v) is 13.0. The van der Waals surface area contributed by atoms with E-state index in [4.69, 9.17) is 22.2 Å². The maximum absolute atomic E-state index is 9.12. The summed E-state index contributed by atoms with van der Waals surface area (Å²) in [5.74, 6) is 0. The quantitative estimate of drug-likeness (QED) is 0.817. The van der Waals surface area contributed by atoms with Gasteiger partial charge in [-0.3, -0.25) is 0 Å².